The Balaban J connectivity index is 0. The van der Waals surface area contributed by atoms with Gasteiger partial charge in [-0.3, -0.25) is 0 Å². The molecule has 114 valence electrons. The standard InChI is InChI=1S/C16H20P.O3P/c1-17(2,13-15-9-5-3-6-10-15)14-16-11-7-4-8-12-16;1-4(2)3/h3-12H,13-14H2,1-2H3;/q+1;-3/p+2. The summed E-state index contributed by atoms with van der Waals surface area (Å²) in [5.74, 6) is 0. The van der Waals surface area contributed by atoms with E-state index in [1.807, 2.05) is 0 Å². The van der Waals surface area contributed by atoms with Crippen LogP contribution < -0.4 is 14.7 Å². The highest BCUT2D eigenvalue weighted by Crippen LogP contribution is 2.57. The first-order valence-electron chi connectivity index (χ1n) is 6.60. The third-order valence-corrected chi connectivity index (χ3v) is 5.35. The van der Waals surface area contributed by atoms with Gasteiger partial charge in [-0.25, -0.2) is 0 Å². The van der Waals surface area contributed by atoms with E-state index in [4.69, 9.17) is 14.7 Å². The van der Waals surface area contributed by atoms with E-state index < -0.39 is 15.9 Å². The molecule has 0 N–H and O–H groups in total. The first-order chi connectivity index (χ1) is 9.89. The van der Waals surface area contributed by atoms with Gasteiger partial charge < -0.3 is 23.3 Å². The molecule has 0 amide bonds. The molecule has 0 spiro atoms. The lowest BCUT2D eigenvalue weighted by atomic mass is 10.2. The van der Waals surface area contributed by atoms with Crippen molar-refractivity contribution in [2.45, 2.75) is 12.3 Å². The molecule has 0 heterocycles. The minimum atomic E-state index is -3.37. The fraction of sp³-hybridized carbons (Fsp3) is 0.250. The van der Waals surface area contributed by atoms with Crippen LogP contribution in [0.3, 0.4) is 0 Å². The van der Waals surface area contributed by atoms with Gasteiger partial charge in [0, 0.05) is 20.6 Å². The molecular weight excluding hydrogens is 302 g/mol. The summed E-state index contributed by atoms with van der Waals surface area (Å²) >= 11 is 0. The van der Waals surface area contributed by atoms with Crippen LogP contribution >= 0.6 is 15.9 Å². The summed E-state index contributed by atoms with van der Waals surface area (Å²) in [6, 6.07) is 21.7. The maximum absolute atomic E-state index is 8.48. The summed E-state index contributed by atoms with van der Waals surface area (Å²) in [5.41, 5.74) is 2.95. The van der Waals surface area contributed by atoms with E-state index in [1.54, 1.807) is 0 Å². The number of hydrogen-bond acceptors (Lipinski definition) is 3. The predicted molar refractivity (Wildman–Crippen MR) is 88.2 cm³/mol. The van der Waals surface area contributed by atoms with Crippen molar-refractivity contribution in [1.29, 1.82) is 0 Å². The van der Waals surface area contributed by atoms with E-state index >= 15 is 0 Å². The molecular formula is C16H22O3P2. The third kappa shape index (κ3) is 8.93. The highest BCUT2D eigenvalue weighted by Gasteiger charge is 2.25. The average Bonchev–Trinajstić information content (AvgIpc) is 2.39. The van der Waals surface area contributed by atoms with Gasteiger partial charge in [0.25, 0.3) is 0 Å². The van der Waals surface area contributed by atoms with Crippen LogP contribution in [0.25, 0.3) is 0 Å². The van der Waals surface area contributed by atoms with Crippen molar-refractivity contribution < 1.29 is 17.5 Å². The van der Waals surface area contributed by atoms with E-state index in [0.29, 0.717) is 0 Å². The molecule has 0 saturated heterocycles. The number of rotatable bonds is 4. The minimum Gasteiger partial charge on any atom is -0.854 e. The normalized spacial score (nSPS) is 11.0. The van der Waals surface area contributed by atoms with Crippen molar-refractivity contribution in [3.8, 4) is 0 Å². The molecule has 0 unspecified atom stereocenters. The molecule has 0 aliphatic carbocycles. The van der Waals surface area contributed by atoms with E-state index in [9.17, 15) is 0 Å². The minimum absolute atomic E-state index is 0. The Labute approximate surface area is 131 Å². The highest BCUT2D eigenvalue weighted by atomic mass is 31.2. The molecule has 0 radical (unpaired) electrons. The SMILES string of the molecule is C[P+](C)(Cc1ccccc1)Cc1ccccc1.[H+].[H+].[O-]P([O-])[O-]. The highest BCUT2D eigenvalue weighted by molar-refractivity contribution is 7.72. The Morgan fingerprint density at radius 2 is 1.05 bits per heavy atom. The van der Waals surface area contributed by atoms with E-state index in [-0.39, 0.29) is 2.85 Å². The van der Waals surface area contributed by atoms with Crippen molar-refractivity contribution in [1.82, 2.24) is 0 Å². The smallest absolute Gasteiger partial charge is 0.854 e. The summed E-state index contributed by atoms with van der Waals surface area (Å²) in [6.45, 7) is 4.90. The molecule has 5 heteroatoms. The predicted octanol–water partition coefficient (Wildman–Crippen LogP) is 2.18. The summed E-state index contributed by atoms with van der Waals surface area (Å²) in [7, 11) is -4.26. The second kappa shape index (κ2) is 9.25. The summed E-state index contributed by atoms with van der Waals surface area (Å²) < 4.78 is 0. The van der Waals surface area contributed by atoms with Gasteiger partial charge in [0.05, 0.1) is 12.3 Å². The first kappa shape index (κ1) is 18.2. The first-order valence-corrected chi connectivity index (χ1v) is 10.8. The average molecular weight is 324 g/mol. The third-order valence-electron chi connectivity index (χ3n) is 2.91. The molecule has 21 heavy (non-hydrogen) atoms. The van der Waals surface area contributed by atoms with E-state index in [1.165, 1.54) is 23.5 Å². The largest absolute Gasteiger partial charge is 1.00 e. The van der Waals surface area contributed by atoms with Gasteiger partial charge in [-0.2, -0.15) is 0 Å². The number of benzene rings is 2. The number of hydrogen-bond donors (Lipinski definition) is 0. The summed E-state index contributed by atoms with van der Waals surface area (Å²) in [4.78, 5) is 25.4. The van der Waals surface area contributed by atoms with Crippen LogP contribution in [0, 0.1) is 0 Å². The van der Waals surface area contributed by atoms with E-state index in [0.717, 1.165) is 0 Å². The monoisotopic (exact) mass is 324 g/mol. The molecule has 0 aliphatic heterocycles. The quantitative estimate of drug-likeness (QED) is 0.810. The topological polar surface area (TPSA) is 69.2 Å². The van der Waals surface area contributed by atoms with Crippen LogP contribution in [0.1, 0.15) is 14.0 Å². The maximum atomic E-state index is 8.48. The zero-order valence-corrected chi connectivity index (χ0v) is 14.1. The Kier molecular flexibility index (Phi) is 8.03. The van der Waals surface area contributed by atoms with Crippen LogP contribution in [0.5, 0.6) is 0 Å². The zero-order valence-electron chi connectivity index (χ0n) is 14.3. The zero-order chi connectivity index (χ0) is 15.7. The van der Waals surface area contributed by atoms with Crippen molar-refractivity contribution in [2.75, 3.05) is 13.3 Å². The van der Waals surface area contributed by atoms with Crippen LogP contribution in [0.15, 0.2) is 60.7 Å². The lowest BCUT2D eigenvalue weighted by molar-refractivity contribution is -0.407. The van der Waals surface area contributed by atoms with Crippen LogP contribution in [0.4, 0.5) is 0 Å². The Bertz CT molecular complexity index is 465. The lowest BCUT2D eigenvalue weighted by Crippen LogP contribution is -2.18. The lowest BCUT2D eigenvalue weighted by Gasteiger charge is -2.39. The molecule has 2 rings (SSSR count). The molecule has 0 aliphatic rings. The summed E-state index contributed by atoms with van der Waals surface area (Å²) in [5, 5.41) is 0. The van der Waals surface area contributed by atoms with Crippen LogP contribution in [-0.4, -0.2) is 13.3 Å². The van der Waals surface area contributed by atoms with Gasteiger partial charge in [0.15, 0.2) is 0 Å². The van der Waals surface area contributed by atoms with Gasteiger partial charge in [-0.05, 0) is 11.1 Å². The molecule has 2 aromatic rings. The summed E-state index contributed by atoms with van der Waals surface area (Å²) in [6.07, 6.45) is 2.48. The Morgan fingerprint density at radius 3 is 1.33 bits per heavy atom. The van der Waals surface area contributed by atoms with E-state index in [2.05, 4.69) is 74.0 Å². The molecule has 3 nitrogen and oxygen atoms in total. The van der Waals surface area contributed by atoms with Crippen molar-refractivity contribution in [2.24, 2.45) is 0 Å². The Morgan fingerprint density at radius 1 is 0.762 bits per heavy atom. The molecule has 2 aromatic carbocycles. The Hall–Kier alpha value is -0.820. The molecule has 0 bridgehead atoms. The second-order valence-corrected chi connectivity index (χ2v) is 10.4. The van der Waals surface area contributed by atoms with Gasteiger partial charge in [0.1, 0.15) is 0 Å². The molecule has 0 fully saturated rings. The van der Waals surface area contributed by atoms with Crippen molar-refractivity contribution in [3.05, 3.63) is 71.8 Å². The van der Waals surface area contributed by atoms with Crippen LogP contribution in [0.2, 0.25) is 0 Å². The van der Waals surface area contributed by atoms with Crippen molar-refractivity contribution in [3.63, 3.8) is 0 Å². The molecule has 0 atom stereocenters. The maximum Gasteiger partial charge on any atom is 1.00 e. The van der Waals surface area contributed by atoms with Gasteiger partial charge >= 0.3 is 2.85 Å². The van der Waals surface area contributed by atoms with Gasteiger partial charge in [0.2, 0.25) is 0 Å². The molecule has 0 saturated carbocycles. The fourth-order valence-electron chi connectivity index (χ4n) is 2.21. The van der Waals surface area contributed by atoms with Gasteiger partial charge in [-0.1, -0.05) is 60.7 Å². The second-order valence-electron chi connectivity index (χ2n) is 5.45. The molecule has 0 aromatic heterocycles. The van der Waals surface area contributed by atoms with Crippen molar-refractivity contribution >= 4 is 15.9 Å². The van der Waals surface area contributed by atoms with Gasteiger partial charge in [-0.15, -0.1) is 0 Å². The fourth-order valence-corrected chi connectivity index (χ4v) is 4.72. The van der Waals surface area contributed by atoms with Crippen LogP contribution in [-0.2, 0) is 12.3 Å².